The van der Waals surface area contributed by atoms with Crippen molar-refractivity contribution >= 4 is 12.4 Å². The lowest BCUT2D eigenvalue weighted by molar-refractivity contribution is 0.0965. The van der Waals surface area contributed by atoms with Crippen LogP contribution in [-0.2, 0) is 0 Å². The molecule has 1 unspecified atom stereocenters. The summed E-state index contributed by atoms with van der Waals surface area (Å²) in [6, 6.07) is 0. The zero-order chi connectivity index (χ0) is 11.7. The fourth-order valence-electron chi connectivity index (χ4n) is 1.36. The molecule has 0 fully saturated rings. The summed E-state index contributed by atoms with van der Waals surface area (Å²) in [5, 5.41) is 9.98. The van der Waals surface area contributed by atoms with Gasteiger partial charge in [-0.1, -0.05) is 26.7 Å². The summed E-state index contributed by atoms with van der Waals surface area (Å²) >= 11 is 0. The van der Waals surface area contributed by atoms with Gasteiger partial charge in [0.2, 0.25) is 0 Å². The molecule has 1 N–H and O–H groups in total. The monoisotopic (exact) mass is 247 g/mol. The van der Waals surface area contributed by atoms with Crippen molar-refractivity contribution in [1.29, 1.82) is 0 Å². The number of aliphatic hydroxyl groups is 1. The second kappa shape index (κ2) is 9.96. The third-order valence-electron chi connectivity index (χ3n) is 2.54. The van der Waals surface area contributed by atoms with Gasteiger partial charge in [0.1, 0.15) is 5.60 Å². The molecule has 1 atom stereocenters. The Labute approximate surface area is 107 Å². The SMILES string of the molecule is CCCC#CC(C)(O)CCN(CC)CC.Cl. The van der Waals surface area contributed by atoms with Crippen LogP contribution in [0.4, 0.5) is 0 Å². The smallest absolute Gasteiger partial charge is 0.123 e. The number of hydrogen-bond acceptors (Lipinski definition) is 2. The van der Waals surface area contributed by atoms with Crippen molar-refractivity contribution in [2.45, 2.75) is 52.6 Å². The van der Waals surface area contributed by atoms with Crippen molar-refractivity contribution in [3.63, 3.8) is 0 Å². The van der Waals surface area contributed by atoms with E-state index in [-0.39, 0.29) is 12.4 Å². The highest BCUT2D eigenvalue weighted by Gasteiger charge is 2.17. The average molecular weight is 248 g/mol. The van der Waals surface area contributed by atoms with Crippen LogP contribution in [0.2, 0.25) is 0 Å². The minimum atomic E-state index is -0.822. The highest BCUT2D eigenvalue weighted by atomic mass is 35.5. The number of rotatable bonds is 6. The van der Waals surface area contributed by atoms with Gasteiger partial charge in [0.25, 0.3) is 0 Å². The molecule has 0 aliphatic rings. The zero-order valence-electron chi connectivity index (χ0n) is 11.0. The molecular formula is C13H26ClNO. The third kappa shape index (κ3) is 9.03. The molecule has 0 rings (SSSR count). The summed E-state index contributed by atoms with van der Waals surface area (Å²) in [4.78, 5) is 2.30. The number of halogens is 1. The van der Waals surface area contributed by atoms with Crippen molar-refractivity contribution in [3.05, 3.63) is 0 Å². The molecule has 0 bridgehead atoms. The van der Waals surface area contributed by atoms with E-state index < -0.39 is 5.60 Å². The Bertz CT molecular complexity index is 214. The molecule has 96 valence electrons. The highest BCUT2D eigenvalue weighted by molar-refractivity contribution is 5.85. The summed E-state index contributed by atoms with van der Waals surface area (Å²) < 4.78 is 0. The molecule has 0 aliphatic carbocycles. The van der Waals surface area contributed by atoms with Gasteiger partial charge in [0.15, 0.2) is 0 Å². The van der Waals surface area contributed by atoms with E-state index in [4.69, 9.17) is 0 Å². The van der Waals surface area contributed by atoms with E-state index >= 15 is 0 Å². The van der Waals surface area contributed by atoms with Gasteiger partial charge in [-0.3, -0.25) is 0 Å². The maximum atomic E-state index is 9.98. The number of nitrogens with zero attached hydrogens (tertiary/aromatic N) is 1. The molecule has 0 radical (unpaired) electrons. The normalized spacial score (nSPS) is 13.6. The molecule has 16 heavy (non-hydrogen) atoms. The van der Waals surface area contributed by atoms with Gasteiger partial charge in [0.05, 0.1) is 0 Å². The van der Waals surface area contributed by atoms with Crippen LogP contribution in [0.1, 0.15) is 47.0 Å². The van der Waals surface area contributed by atoms with Gasteiger partial charge in [-0.2, -0.15) is 0 Å². The maximum Gasteiger partial charge on any atom is 0.123 e. The Morgan fingerprint density at radius 3 is 2.19 bits per heavy atom. The molecule has 0 heterocycles. The summed E-state index contributed by atoms with van der Waals surface area (Å²) in [6.45, 7) is 11.2. The Morgan fingerprint density at radius 2 is 1.75 bits per heavy atom. The maximum absolute atomic E-state index is 9.98. The van der Waals surface area contributed by atoms with Crippen LogP contribution >= 0.6 is 12.4 Å². The van der Waals surface area contributed by atoms with E-state index in [1.807, 2.05) is 0 Å². The molecular weight excluding hydrogens is 222 g/mol. The second-order valence-electron chi connectivity index (χ2n) is 4.10. The van der Waals surface area contributed by atoms with Crippen molar-refractivity contribution in [2.24, 2.45) is 0 Å². The summed E-state index contributed by atoms with van der Waals surface area (Å²) in [5.74, 6) is 5.96. The lowest BCUT2D eigenvalue weighted by atomic mass is 10.0. The van der Waals surface area contributed by atoms with Crippen LogP contribution < -0.4 is 0 Å². The van der Waals surface area contributed by atoms with Gasteiger partial charge >= 0.3 is 0 Å². The average Bonchev–Trinajstić information content (AvgIpc) is 2.19. The Kier molecular flexibility index (Phi) is 11.3. The summed E-state index contributed by atoms with van der Waals surface area (Å²) in [5.41, 5.74) is -0.822. The number of hydrogen-bond donors (Lipinski definition) is 1. The lowest BCUT2D eigenvalue weighted by Gasteiger charge is -2.23. The van der Waals surface area contributed by atoms with Crippen LogP contribution in [0.5, 0.6) is 0 Å². The van der Waals surface area contributed by atoms with Crippen LogP contribution in [-0.4, -0.2) is 35.2 Å². The minimum absolute atomic E-state index is 0. The first-order valence-corrected chi connectivity index (χ1v) is 6.00. The standard InChI is InChI=1S/C13H25NO.ClH/c1-5-8-9-10-13(4,15)11-12-14(6-2)7-3;/h15H,5-8,11-12H2,1-4H3;1H. The summed E-state index contributed by atoms with van der Waals surface area (Å²) in [6.07, 6.45) is 2.66. The van der Waals surface area contributed by atoms with E-state index in [1.165, 1.54) is 0 Å². The first-order chi connectivity index (χ1) is 7.05. The van der Waals surface area contributed by atoms with E-state index in [9.17, 15) is 5.11 Å². The topological polar surface area (TPSA) is 23.5 Å². The predicted octanol–water partition coefficient (Wildman–Crippen LogP) is 2.69. The van der Waals surface area contributed by atoms with Crippen molar-refractivity contribution in [1.82, 2.24) is 4.90 Å². The molecule has 0 saturated heterocycles. The van der Waals surface area contributed by atoms with Crippen LogP contribution in [0.3, 0.4) is 0 Å². The fourth-order valence-corrected chi connectivity index (χ4v) is 1.36. The van der Waals surface area contributed by atoms with E-state index in [0.29, 0.717) is 0 Å². The number of unbranched alkanes of at least 4 members (excludes halogenated alkanes) is 1. The van der Waals surface area contributed by atoms with Crippen molar-refractivity contribution in [3.8, 4) is 11.8 Å². The molecule has 0 aliphatic heterocycles. The fraction of sp³-hybridized carbons (Fsp3) is 0.846. The Balaban J connectivity index is 0. The second-order valence-corrected chi connectivity index (χ2v) is 4.10. The molecule has 0 spiro atoms. The third-order valence-corrected chi connectivity index (χ3v) is 2.54. The summed E-state index contributed by atoms with van der Waals surface area (Å²) in [7, 11) is 0. The van der Waals surface area contributed by atoms with Crippen LogP contribution in [0.15, 0.2) is 0 Å². The van der Waals surface area contributed by atoms with Gasteiger partial charge in [0, 0.05) is 13.0 Å². The van der Waals surface area contributed by atoms with Crippen molar-refractivity contribution in [2.75, 3.05) is 19.6 Å². The largest absolute Gasteiger partial charge is 0.378 e. The first-order valence-electron chi connectivity index (χ1n) is 6.00. The van der Waals surface area contributed by atoms with E-state index in [2.05, 4.69) is 37.5 Å². The van der Waals surface area contributed by atoms with Gasteiger partial charge in [-0.05, 0) is 32.9 Å². The van der Waals surface area contributed by atoms with Crippen LogP contribution in [0.25, 0.3) is 0 Å². The highest BCUT2D eigenvalue weighted by Crippen LogP contribution is 2.09. The molecule has 2 nitrogen and oxygen atoms in total. The Morgan fingerprint density at radius 1 is 1.19 bits per heavy atom. The van der Waals surface area contributed by atoms with E-state index in [1.54, 1.807) is 6.92 Å². The van der Waals surface area contributed by atoms with Gasteiger partial charge in [-0.25, -0.2) is 0 Å². The lowest BCUT2D eigenvalue weighted by Crippen LogP contribution is -2.31. The Hall–Kier alpha value is -0.230. The van der Waals surface area contributed by atoms with E-state index in [0.717, 1.165) is 38.9 Å². The molecule has 0 aromatic carbocycles. The van der Waals surface area contributed by atoms with Crippen LogP contribution in [0, 0.1) is 11.8 Å². The predicted molar refractivity (Wildman–Crippen MR) is 73.0 cm³/mol. The van der Waals surface area contributed by atoms with Crippen molar-refractivity contribution < 1.29 is 5.11 Å². The molecule has 3 heteroatoms. The molecule has 0 aromatic heterocycles. The molecule has 0 amide bonds. The first kappa shape index (κ1) is 18.1. The minimum Gasteiger partial charge on any atom is -0.378 e. The van der Waals surface area contributed by atoms with Gasteiger partial charge in [-0.15, -0.1) is 18.3 Å². The molecule has 0 saturated carbocycles. The van der Waals surface area contributed by atoms with Gasteiger partial charge < -0.3 is 10.0 Å². The quantitative estimate of drug-likeness (QED) is 0.730. The zero-order valence-corrected chi connectivity index (χ0v) is 11.9. The molecule has 0 aromatic rings.